The first-order valence-corrected chi connectivity index (χ1v) is 10.6. The van der Waals surface area contributed by atoms with Gasteiger partial charge in [-0.05, 0) is 61.1 Å². The molecule has 3 heterocycles. The van der Waals surface area contributed by atoms with Crippen molar-refractivity contribution in [2.24, 2.45) is 0 Å². The summed E-state index contributed by atoms with van der Waals surface area (Å²) < 4.78 is 41.7. The molecule has 4 rings (SSSR count). The molecule has 2 unspecified atom stereocenters. The number of rotatable bonds is 6. The lowest BCUT2D eigenvalue weighted by Gasteiger charge is -2.29. The SMILES string of the molecule is CCCCN1C(=S)NC(c2ccccn2)C1c1cccn1-c1cccc(C(F)(F)F)c1. The molecule has 0 bridgehead atoms. The molecule has 0 spiro atoms. The van der Waals surface area contributed by atoms with Crippen molar-refractivity contribution in [2.45, 2.75) is 38.0 Å². The molecule has 1 saturated heterocycles. The number of benzene rings is 1. The Hall–Kier alpha value is -2.87. The van der Waals surface area contributed by atoms with E-state index in [0.717, 1.165) is 36.8 Å². The van der Waals surface area contributed by atoms with E-state index in [-0.39, 0.29) is 12.1 Å². The Balaban J connectivity index is 1.79. The number of aromatic nitrogens is 2. The van der Waals surface area contributed by atoms with Gasteiger partial charge in [0.05, 0.1) is 23.3 Å². The van der Waals surface area contributed by atoms with E-state index in [0.29, 0.717) is 10.8 Å². The Morgan fingerprint density at radius 3 is 2.65 bits per heavy atom. The molecule has 8 heteroatoms. The van der Waals surface area contributed by atoms with Gasteiger partial charge < -0.3 is 14.8 Å². The predicted octanol–water partition coefficient (Wildman–Crippen LogP) is 5.66. The summed E-state index contributed by atoms with van der Waals surface area (Å²) in [6.07, 6.45) is 1.09. The van der Waals surface area contributed by atoms with Crippen molar-refractivity contribution in [1.82, 2.24) is 19.8 Å². The van der Waals surface area contributed by atoms with Crippen LogP contribution in [0.25, 0.3) is 5.69 Å². The number of thiocarbonyl (C=S) groups is 1. The van der Waals surface area contributed by atoms with Gasteiger partial charge in [-0.3, -0.25) is 4.98 Å². The van der Waals surface area contributed by atoms with Crippen LogP contribution >= 0.6 is 12.2 Å². The van der Waals surface area contributed by atoms with Crippen LogP contribution in [0.5, 0.6) is 0 Å². The number of pyridine rings is 1. The van der Waals surface area contributed by atoms with Crippen LogP contribution in [0.1, 0.15) is 48.8 Å². The molecule has 4 nitrogen and oxygen atoms in total. The minimum Gasteiger partial charge on any atom is -0.352 e. The van der Waals surface area contributed by atoms with Gasteiger partial charge in [0.15, 0.2) is 5.11 Å². The summed E-state index contributed by atoms with van der Waals surface area (Å²) >= 11 is 5.64. The third-order valence-electron chi connectivity index (χ3n) is 5.49. The van der Waals surface area contributed by atoms with Crippen molar-refractivity contribution in [3.05, 3.63) is 83.9 Å². The average molecular weight is 445 g/mol. The van der Waals surface area contributed by atoms with Crippen LogP contribution in [0.3, 0.4) is 0 Å². The average Bonchev–Trinajstić information content (AvgIpc) is 3.36. The number of hydrogen-bond acceptors (Lipinski definition) is 2. The van der Waals surface area contributed by atoms with Crippen LogP contribution in [-0.2, 0) is 6.18 Å². The summed E-state index contributed by atoms with van der Waals surface area (Å²) in [7, 11) is 0. The highest BCUT2D eigenvalue weighted by Crippen LogP contribution is 2.40. The maximum atomic E-state index is 13.3. The first-order chi connectivity index (χ1) is 14.9. The smallest absolute Gasteiger partial charge is 0.352 e. The van der Waals surface area contributed by atoms with Crippen LogP contribution in [0.2, 0.25) is 0 Å². The third kappa shape index (κ3) is 4.30. The van der Waals surface area contributed by atoms with Gasteiger partial charge in [-0.25, -0.2) is 0 Å². The second-order valence-electron chi connectivity index (χ2n) is 7.52. The highest BCUT2D eigenvalue weighted by atomic mass is 32.1. The number of unbranched alkanes of at least 4 members (excludes halogenated alkanes) is 1. The Bertz CT molecular complexity index is 1050. The number of nitrogens with zero attached hydrogens (tertiary/aromatic N) is 3. The highest BCUT2D eigenvalue weighted by molar-refractivity contribution is 7.80. The van der Waals surface area contributed by atoms with Crippen molar-refractivity contribution >= 4 is 17.3 Å². The molecule has 1 aliphatic heterocycles. The molecule has 162 valence electrons. The van der Waals surface area contributed by atoms with Crippen LogP contribution in [-0.4, -0.2) is 26.1 Å². The van der Waals surface area contributed by atoms with E-state index >= 15 is 0 Å². The summed E-state index contributed by atoms with van der Waals surface area (Å²) in [5, 5.41) is 4.01. The fraction of sp³-hybridized carbons (Fsp3) is 0.304. The van der Waals surface area contributed by atoms with Crippen molar-refractivity contribution in [1.29, 1.82) is 0 Å². The molecule has 0 aliphatic carbocycles. The predicted molar refractivity (Wildman–Crippen MR) is 118 cm³/mol. The van der Waals surface area contributed by atoms with Gasteiger partial charge in [0, 0.05) is 30.3 Å². The minimum atomic E-state index is -4.40. The summed E-state index contributed by atoms with van der Waals surface area (Å²) in [6, 6.07) is 14.5. The lowest BCUT2D eigenvalue weighted by atomic mass is 10.0. The number of hydrogen-bond donors (Lipinski definition) is 1. The maximum Gasteiger partial charge on any atom is 0.416 e. The fourth-order valence-electron chi connectivity index (χ4n) is 4.00. The molecule has 1 aromatic carbocycles. The molecule has 0 amide bonds. The zero-order chi connectivity index (χ0) is 22.0. The molecular formula is C23H23F3N4S. The van der Waals surface area contributed by atoms with Gasteiger partial charge in [0.25, 0.3) is 0 Å². The molecule has 1 N–H and O–H groups in total. The summed E-state index contributed by atoms with van der Waals surface area (Å²) in [5.41, 5.74) is 1.49. The monoisotopic (exact) mass is 444 g/mol. The first-order valence-electron chi connectivity index (χ1n) is 10.2. The van der Waals surface area contributed by atoms with Crippen LogP contribution < -0.4 is 5.32 Å². The Morgan fingerprint density at radius 2 is 1.94 bits per heavy atom. The van der Waals surface area contributed by atoms with Gasteiger partial charge >= 0.3 is 6.18 Å². The molecule has 31 heavy (non-hydrogen) atoms. The number of alkyl halides is 3. The van der Waals surface area contributed by atoms with E-state index in [1.807, 2.05) is 34.9 Å². The zero-order valence-electron chi connectivity index (χ0n) is 17.0. The Morgan fingerprint density at radius 1 is 1.10 bits per heavy atom. The van der Waals surface area contributed by atoms with E-state index in [1.54, 1.807) is 18.5 Å². The van der Waals surface area contributed by atoms with E-state index in [4.69, 9.17) is 12.2 Å². The third-order valence-corrected chi connectivity index (χ3v) is 5.84. The first kappa shape index (κ1) is 21.4. The van der Waals surface area contributed by atoms with Crippen LogP contribution in [0.15, 0.2) is 67.0 Å². The summed E-state index contributed by atoms with van der Waals surface area (Å²) in [4.78, 5) is 6.63. The number of halogens is 3. The minimum absolute atomic E-state index is 0.196. The molecule has 0 saturated carbocycles. The van der Waals surface area contributed by atoms with E-state index in [9.17, 15) is 13.2 Å². The number of nitrogens with one attached hydrogen (secondary N) is 1. The molecule has 2 atom stereocenters. The molecular weight excluding hydrogens is 421 g/mol. The quantitative estimate of drug-likeness (QED) is 0.497. The van der Waals surface area contributed by atoms with Gasteiger partial charge in [-0.2, -0.15) is 13.2 Å². The second-order valence-corrected chi connectivity index (χ2v) is 7.91. The van der Waals surface area contributed by atoms with Crippen molar-refractivity contribution in [2.75, 3.05) is 6.54 Å². The lowest BCUT2D eigenvalue weighted by Crippen LogP contribution is -2.31. The van der Waals surface area contributed by atoms with Crippen molar-refractivity contribution in [3.63, 3.8) is 0 Å². The highest BCUT2D eigenvalue weighted by Gasteiger charge is 2.41. The van der Waals surface area contributed by atoms with Crippen molar-refractivity contribution < 1.29 is 13.2 Å². The lowest BCUT2D eigenvalue weighted by molar-refractivity contribution is -0.137. The van der Waals surface area contributed by atoms with Crippen LogP contribution in [0.4, 0.5) is 13.2 Å². The normalized spacial score (nSPS) is 19.0. The molecule has 2 aromatic heterocycles. The van der Waals surface area contributed by atoms with Gasteiger partial charge in [-0.1, -0.05) is 25.5 Å². The van der Waals surface area contributed by atoms with Gasteiger partial charge in [0.1, 0.15) is 0 Å². The topological polar surface area (TPSA) is 33.1 Å². The van der Waals surface area contributed by atoms with E-state index in [2.05, 4.69) is 22.1 Å². The molecule has 0 radical (unpaired) electrons. The van der Waals surface area contributed by atoms with Crippen molar-refractivity contribution in [3.8, 4) is 5.69 Å². The Labute approximate surface area is 184 Å². The maximum absolute atomic E-state index is 13.3. The standard InChI is InChI=1S/C23H23F3N4S/c1-2-3-13-30-21(20(28-22(30)31)18-10-4-5-12-27-18)19-11-7-14-29(19)17-9-6-8-16(15-17)23(24,25)26/h4-12,14-15,20-21H,2-3,13H2,1H3,(H,28,31). The second kappa shape index (κ2) is 8.70. The van der Waals surface area contributed by atoms with Gasteiger partial charge in [-0.15, -0.1) is 0 Å². The molecule has 1 aliphatic rings. The fourth-order valence-corrected chi connectivity index (χ4v) is 4.33. The summed E-state index contributed by atoms with van der Waals surface area (Å²) in [6.45, 7) is 2.87. The summed E-state index contributed by atoms with van der Waals surface area (Å²) in [5.74, 6) is 0. The van der Waals surface area contributed by atoms with E-state index < -0.39 is 11.7 Å². The molecule has 3 aromatic rings. The van der Waals surface area contributed by atoms with E-state index in [1.165, 1.54) is 12.1 Å². The zero-order valence-corrected chi connectivity index (χ0v) is 17.8. The Kier molecular flexibility index (Phi) is 6.00. The van der Waals surface area contributed by atoms with Gasteiger partial charge in [0.2, 0.25) is 0 Å². The molecule has 1 fully saturated rings. The van der Waals surface area contributed by atoms with Crippen LogP contribution in [0, 0.1) is 0 Å². The largest absolute Gasteiger partial charge is 0.416 e.